The van der Waals surface area contributed by atoms with Gasteiger partial charge in [0.2, 0.25) is 6.79 Å². The SMILES string of the molecule is Cc1cc2c(c(Cl)c1CCCO)OCO2. The Morgan fingerprint density at radius 3 is 3.00 bits per heavy atom. The summed E-state index contributed by atoms with van der Waals surface area (Å²) in [7, 11) is 0. The van der Waals surface area contributed by atoms with Crippen molar-refractivity contribution in [1.29, 1.82) is 0 Å². The smallest absolute Gasteiger partial charge is 0.231 e. The van der Waals surface area contributed by atoms with Crippen LogP contribution in [0.2, 0.25) is 5.02 Å². The van der Waals surface area contributed by atoms with Crippen LogP contribution in [0, 0.1) is 6.92 Å². The normalized spacial score (nSPS) is 13.3. The fourth-order valence-electron chi connectivity index (χ4n) is 1.72. The Balaban J connectivity index is 2.37. The van der Waals surface area contributed by atoms with Crippen molar-refractivity contribution in [2.45, 2.75) is 19.8 Å². The highest BCUT2D eigenvalue weighted by atomic mass is 35.5. The number of hydrogen-bond donors (Lipinski definition) is 1. The minimum absolute atomic E-state index is 0.171. The van der Waals surface area contributed by atoms with Gasteiger partial charge in [-0.15, -0.1) is 0 Å². The maximum atomic E-state index is 8.80. The van der Waals surface area contributed by atoms with Crippen LogP contribution in [0.5, 0.6) is 11.5 Å². The summed E-state index contributed by atoms with van der Waals surface area (Å²) in [6, 6.07) is 1.93. The fraction of sp³-hybridized carbons (Fsp3) is 0.455. The Labute approximate surface area is 93.6 Å². The molecule has 0 saturated heterocycles. The monoisotopic (exact) mass is 228 g/mol. The van der Waals surface area contributed by atoms with Crippen LogP contribution in [0.4, 0.5) is 0 Å². The molecule has 1 heterocycles. The Morgan fingerprint density at radius 1 is 1.47 bits per heavy atom. The minimum atomic E-state index is 0.171. The van der Waals surface area contributed by atoms with E-state index >= 15 is 0 Å². The molecule has 4 heteroatoms. The molecule has 1 aliphatic rings. The van der Waals surface area contributed by atoms with Crippen LogP contribution >= 0.6 is 11.6 Å². The van der Waals surface area contributed by atoms with Crippen molar-refractivity contribution in [3.05, 3.63) is 22.2 Å². The zero-order chi connectivity index (χ0) is 10.8. The number of aliphatic hydroxyl groups excluding tert-OH is 1. The molecule has 0 aliphatic carbocycles. The van der Waals surface area contributed by atoms with E-state index in [4.69, 9.17) is 26.2 Å². The van der Waals surface area contributed by atoms with Gasteiger partial charge in [0.1, 0.15) is 0 Å². The highest BCUT2D eigenvalue weighted by Gasteiger charge is 2.21. The van der Waals surface area contributed by atoms with E-state index in [0.29, 0.717) is 22.9 Å². The molecule has 0 fully saturated rings. The molecule has 2 rings (SSSR count). The second-order valence-electron chi connectivity index (χ2n) is 3.55. The molecule has 0 aromatic heterocycles. The first-order valence-corrected chi connectivity index (χ1v) is 5.30. The van der Waals surface area contributed by atoms with Crippen LogP contribution in [-0.2, 0) is 6.42 Å². The summed E-state index contributed by atoms with van der Waals surface area (Å²) in [6.45, 7) is 2.39. The first kappa shape index (κ1) is 10.6. The number of hydrogen-bond acceptors (Lipinski definition) is 3. The number of rotatable bonds is 3. The molecule has 3 nitrogen and oxygen atoms in total. The van der Waals surface area contributed by atoms with Crippen molar-refractivity contribution in [2.75, 3.05) is 13.4 Å². The predicted octanol–water partition coefficient (Wildman–Crippen LogP) is 2.30. The third-order valence-electron chi connectivity index (χ3n) is 2.51. The minimum Gasteiger partial charge on any atom is -0.454 e. The quantitative estimate of drug-likeness (QED) is 0.863. The Morgan fingerprint density at radius 2 is 2.27 bits per heavy atom. The number of halogens is 1. The van der Waals surface area contributed by atoms with E-state index < -0.39 is 0 Å². The van der Waals surface area contributed by atoms with Crippen LogP contribution in [0.15, 0.2) is 6.07 Å². The van der Waals surface area contributed by atoms with Crippen molar-refractivity contribution >= 4 is 11.6 Å². The molecule has 0 amide bonds. The summed E-state index contributed by atoms with van der Waals surface area (Å²) in [5.74, 6) is 1.35. The summed E-state index contributed by atoms with van der Waals surface area (Å²) in [4.78, 5) is 0. The standard InChI is InChI=1S/C11H13ClO3/c1-7-5-9-11(15-6-14-9)10(12)8(7)3-2-4-13/h5,13H,2-4,6H2,1H3. The van der Waals surface area contributed by atoms with Gasteiger partial charge in [-0.1, -0.05) is 11.6 Å². The van der Waals surface area contributed by atoms with Crippen LogP contribution in [0.1, 0.15) is 17.5 Å². The van der Waals surface area contributed by atoms with Gasteiger partial charge in [0, 0.05) is 6.61 Å². The van der Waals surface area contributed by atoms with Crippen LogP contribution in [0.3, 0.4) is 0 Å². The molecule has 0 saturated carbocycles. The highest BCUT2D eigenvalue weighted by molar-refractivity contribution is 6.33. The summed E-state index contributed by atoms with van der Waals surface area (Å²) >= 11 is 6.21. The predicted molar refractivity (Wildman–Crippen MR) is 57.7 cm³/mol. The van der Waals surface area contributed by atoms with Crippen molar-refractivity contribution < 1.29 is 14.6 Å². The number of ether oxygens (including phenoxy) is 2. The van der Waals surface area contributed by atoms with Crippen LogP contribution in [0.25, 0.3) is 0 Å². The molecule has 1 N–H and O–H groups in total. The molecule has 0 unspecified atom stereocenters. The van der Waals surface area contributed by atoms with Crippen molar-refractivity contribution in [3.63, 3.8) is 0 Å². The largest absolute Gasteiger partial charge is 0.454 e. The molecular weight excluding hydrogens is 216 g/mol. The Kier molecular flexibility index (Phi) is 3.03. The second kappa shape index (κ2) is 4.29. The van der Waals surface area contributed by atoms with Gasteiger partial charge in [0.15, 0.2) is 11.5 Å². The van der Waals surface area contributed by atoms with E-state index in [-0.39, 0.29) is 13.4 Å². The highest BCUT2D eigenvalue weighted by Crippen LogP contribution is 2.42. The van der Waals surface area contributed by atoms with E-state index in [1.807, 2.05) is 13.0 Å². The molecule has 1 aliphatic heterocycles. The van der Waals surface area contributed by atoms with E-state index in [2.05, 4.69) is 0 Å². The lowest BCUT2D eigenvalue weighted by molar-refractivity contribution is 0.174. The van der Waals surface area contributed by atoms with E-state index in [0.717, 1.165) is 17.5 Å². The Hall–Kier alpha value is -0.930. The van der Waals surface area contributed by atoms with Gasteiger partial charge in [0.05, 0.1) is 5.02 Å². The van der Waals surface area contributed by atoms with E-state index in [9.17, 15) is 0 Å². The lowest BCUT2D eigenvalue weighted by Crippen LogP contribution is -1.95. The first-order valence-electron chi connectivity index (χ1n) is 4.92. The summed E-state index contributed by atoms with van der Waals surface area (Å²) in [5, 5.41) is 9.43. The van der Waals surface area contributed by atoms with Crippen molar-refractivity contribution in [3.8, 4) is 11.5 Å². The molecule has 0 radical (unpaired) electrons. The van der Waals surface area contributed by atoms with Gasteiger partial charge < -0.3 is 14.6 Å². The summed E-state index contributed by atoms with van der Waals surface area (Å²) in [6.07, 6.45) is 1.47. The van der Waals surface area contributed by atoms with Crippen molar-refractivity contribution in [1.82, 2.24) is 0 Å². The van der Waals surface area contributed by atoms with Gasteiger partial charge in [-0.05, 0) is 37.0 Å². The van der Waals surface area contributed by atoms with Gasteiger partial charge in [-0.3, -0.25) is 0 Å². The summed E-state index contributed by atoms with van der Waals surface area (Å²) < 4.78 is 10.6. The topological polar surface area (TPSA) is 38.7 Å². The molecule has 15 heavy (non-hydrogen) atoms. The number of aryl methyl sites for hydroxylation is 1. The Bertz CT molecular complexity index is 377. The molecule has 82 valence electrons. The summed E-state index contributed by atoms with van der Waals surface area (Å²) in [5.41, 5.74) is 2.12. The molecule has 0 bridgehead atoms. The third-order valence-corrected chi connectivity index (χ3v) is 2.91. The van der Waals surface area contributed by atoms with Crippen LogP contribution < -0.4 is 9.47 Å². The van der Waals surface area contributed by atoms with Crippen molar-refractivity contribution in [2.24, 2.45) is 0 Å². The lowest BCUT2D eigenvalue weighted by atomic mass is 10.0. The number of fused-ring (bicyclic) bond motifs is 1. The van der Waals surface area contributed by atoms with Gasteiger partial charge in [-0.2, -0.15) is 0 Å². The molecule has 0 atom stereocenters. The van der Waals surface area contributed by atoms with E-state index in [1.165, 1.54) is 0 Å². The maximum absolute atomic E-state index is 8.80. The fourth-order valence-corrected chi connectivity index (χ4v) is 2.12. The zero-order valence-corrected chi connectivity index (χ0v) is 9.30. The molecule has 0 spiro atoms. The molecule has 1 aromatic rings. The van der Waals surface area contributed by atoms with Crippen LogP contribution in [-0.4, -0.2) is 18.5 Å². The molecular formula is C11H13ClO3. The number of benzene rings is 1. The van der Waals surface area contributed by atoms with E-state index in [1.54, 1.807) is 0 Å². The third kappa shape index (κ3) is 1.90. The zero-order valence-electron chi connectivity index (χ0n) is 8.55. The van der Waals surface area contributed by atoms with Gasteiger partial charge in [-0.25, -0.2) is 0 Å². The first-order chi connectivity index (χ1) is 7.24. The lowest BCUT2D eigenvalue weighted by Gasteiger charge is -2.09. The van der Waals surface area contributed by atoms with Gasteiger partial charge in [0.25, 0.3) is 0 Å². The average molecular weight is 229 g/mol. The average Bonchev–Trinajstić information content (AvgIpc) is 2.65. The second-order valence-corrected chi connectivity index (χ2v) is 3.92. The number of aliphatic hydroxyl groups is 1. The maximum Gasteiger partial charge on any atom is 0.231 e. The molecule has 1 aromatic carbocycles. The van der Waals surface area contributed by atoms with Gasteiger partial charge >= 0.3 is 0 Å².